The van der Waals surface area contributed by atoms with Crippen molar-refractivity contribution < 1.29 is 13.9 Å². The number of hydrogen-bond donors (Lipinski definition) is 0. The Kier molecular flexibility index (Phi) is 6.84. The van der Waals surface area contributed by atoms with Gasteiger partial charge in [-0.25, -0.2) is 14.2 Å². The fourth-order valence-corrected chi connectivity index (χ4v) is 4.22. The number of hydrogen-bond acceptors (Lipinski definition) is 5. The third kappa shape index (κ3) is 4.96. The van der Waals surface area contributed by atoms with Gasteiger partial charge < -0.3 is 4.74 Å². The topological polar surface area (TPSA) is 65.0 Å². The first-order valence-corrected chi connectivity index (χ1v) is 11.3. The molecule has 0 N–H and O–H groups in total. The summed E-state index contributed by atoms with van der Waals surface area (Å²) >= 11 is 6.07. The number of ether oxygens (including phenoxy) is 1. The fraction of sp³-hybridized carbons (Fsp3) is 0.308. The van der Waals surface area contributed by atoms with E-state index in [2.05, 4.69) is 16.8 Å². The van der Waals surface area contributed by atoms with Crippen LogP contribution < -0.4 is 0 Å². The molecule has 170 valence electrons. The molecule has 0 radical (unpaired) electrons. The highest BCUT2D eigenvalue weighted by Gasteiger charge is 2.50. The van der Waals surface area contributed by atoms with Gasteiger partial charge in [0.05, 0.1) is 17.7 Å². The van der Waals surface area contributed by atoms with Gasteiger partial charge >= 0.3 is 5.97 Å². The Balaban J connectivity index is 1.66. The van der Waals surface area contributed by atoms with Gasteiger partial charge in [-0.3, -0.25) is 0 Å². The van der Waals surface area contributed by atoms with Crippen LogP contribution in [0.1, 0.15) is 43.3 Å². The van der Waals surface area contributed by atoms with E-state index in [1.165, 1.54) is 0 Å². The van der Waals surface area contributed by atoms with Crippen molar-refractivity contribution in [3.63, 3.8) is 0 Å². The van der Waals surface area contributed by atoms with Gasteiger partial charge in [-0.15, -0.1) is 10.2 Å². The van der Waals surface area contributed by atoms with Crippen molar-refractivity contribution in [2.24, 2.45) is 0 Å². The summed E-state index contributed by atoms with van der Waals surface area (Å²) in [5, 5.41) is 9.61. The lowest BCUT2D eigenvalue weighted by Crippen LogP contribution is -2.45. The van der Waals surface area contributed by atoms with Crippen LogP contribution in [0, 0.1) is 0 Å². The van der Waals surface area contributed by atoms with Crippen molar-refractivity contribution in [1.29, 1.82) is 0 Å². The number of carbonyl (C=O) groups excluding carboxylic acids is 1. The van der Waals surface area contributed by atoms with Crippen LogP contribution in [0.5, 0.6) is 0 Å². The van der Waals surface area contributed by atoms with Crippen molar-refractivity contribution in [3.05, 3.63) is 88.9 Å². The molecule has 0 unspecified atom stereocenters. The normalized spacial score (nSPS) is 19.5. The number of rotatable bonds is 8. The number of aryl methyl sites for hydroxylation is 1. The Hall–Kier alpha value is -3.12. The van der Waals surface area contributed by atoms with E-state index in [1.54, 1.807) is 19.1 Å². The van der Waals surface area contributed by atoms with Gasteiger partial charge in [-0.05, 0) is 50.3 Å². The minimum atomic E-state index is -0.914. The van der Waals surface area contributed by atoms with E-state index < -0.39 is 17.6 Å². The summed E-state index contributed by atoms with van der Waals surface area (Å²) in [4.78, 5) is 16.6. The first kappa shape index (κ1) is 23.1. The molecule has 0 amide bonds. The smallest absolute Gasteiger partial charge is 0.333 e. The molecule has 2 aromatic carbocycles. The molecule has 5 nitrogen and oxygen atoms in total. The van der Waals surface area contributed by atoms with Gasteiger partial charge in [-0.2, -0.15) is 0 Å². The second kappa shape index (κ2) is 9.79. The summed E-state index contributed by atoms with van der Waals surface area (Å²) in [6.07, 6.45) is 0.791. The summed E-state index contributed by atoms with van der Waals surface area (Å²) < 4.78 is 19.4. The molecule has 7 heteroatoms. The predicted molar refractivity (Wildman–Crippen MR) is 126 cm³/mol. The molecule has 0 saturated heterocycles. The molecule has 1 fully saturated rings. The zero-order valence-electron chi connectivity index (χ0n) is 18.4. The lowest BCUT2D eigenvalue weighted by atomic mass is 9.62. The number of benzene rings is 2. The molecular formula is C26H25ClFN3O2. The lowest BCUT2D eigenvalue weighted by Gasteiger charge is -2.43. The van der Waals surface area contributed by atoms with Crippen molar-refractivity contribution in [3.8, 4) is 11.3 Å². The van der Waals surface area contributed by atoms with Crippen LogP contribution in [0.4, 0.5) is 4.39 Å². The first-order valence-electron chi connectivity index (χ1n) is 10.9. The number of aromatic nitrogens is 3. The highest BCUT2D eigenvalue weighted by Crippen LogP contribution is 2.49. The summed E-state index contributed by atoms with van der Waals surface area (Å²) in [5.41, 5.74) is 2.97. The Morgan fingerprint density at radius 1 is 1.15 bits per heavy atom. The quantitative estimate of drug-likeness (QED) is 0.244. The molecule has 3 aromatic rings. The molecule has 1 aromatic heterocycles. The van der Waals surface area contributed by atoms with E-state index in [0.29, 0.717) is 47.8 Å². The second-order valence-electron chi connectivity index (χ2n) is 8.41. The number of halogens is 2. The molecule has 1 aliphatic carbocycles. The highest BCUT2D eigenvalue weighted by molar-refractivity contribution is 6.30. The van der Waals surface area contributed by atoms with Gasteiger partial charge in [0.2, 0.25) is 0 Å². The fourth-order valence-electron chi connectivity index (χ4n) is 4.10. The van der Waals surface area contributed by atoms with Crippen LogP contribution in [-0.2, 0) is 21.4 Å². The van der Waals surface area contributed by atoms with Crippen LogP contribution in [0.15, 0.2) is 66.7 Å². The summed E-state index contributed by atoms with van der Waals surface area (Å²) in [5.74, 6) is 0.0947. The maximum atomic E-state index is 14.1. The van der Waals surface area contributed by atoms with Crippen LogP contribution >= 0.6 is 11.6 Å². The van der Waals surface area contributed by atoms with E-state index >= 15 is 0 Å². The van der Waals surface area contributed by atoms with Crippen LogP contribution in [0.3, 0.4) is 0 Å². The maximum Gasteiger partial charge on any atom is 0.333 e. The largest absolute Gasteiger partial charge is 0.462 e. The zero-order chi connectivity index (χ0) is 23.4. The van der Waals surface area contributed by atoms with E-state index in [9.17, 15) is 9.18 Å². The van der Waals surface area contributed by atoms with E-state index in [-0.39, 0.29) is 6.61 Å². The highest BCUT2D eigenvalue weighted by atomic mass is 35.5. The van der Waals surface area contributed by atoms with Gasteiger partial charge in [0.1, 0.15) is 11.9 Å². The molecule has 0 atom stereocenters. The SMILES string of the molecule is C=C(C)C(=O)OCCCc1nc(C2(c3ccc(Cl)cc3)CC(F)C2)nnc1-c1ccccc1. The van der Waals surface area contributed by atoms with Crippen LogP contribution in [0.25, 0.3) is 11.3 Å². The molecule has 33 heavy (non-hydrogen) atoms. The van der Waals surface area contributed by atoms with E-state index in [0.717, 1.165) is 16.8 Å². The Labute approximate surface area is 197 Å². The van der Waals surface area contributed by atoms with Crippen molar-refractivity contribution in [1.82, 2.24) is 15.2 Å². The second-order valence-corrected chi connectivity index (χ2v) is 8.85. The Morgan fingerprint density at radius 2 is 1.85 bits per heavy atom. The minimum Gasteiger partial charge on any atom is -0.462 e. The van der Waals surface area contributed by atoms with Gasteiger partial charge in [0.15, 0.2) is 5.82 Å². The standard InChI is InChI=1S/C26H25ClFN3O2/c1-17(2)24(32)33-14-6-9-22-23(18-7-4-3-5-8-18)30-31-25(29-22)26(15-21(28)16-26)19-10-12-20(27)13-11-19/h3-5,7-8,10-13,21H,1,6,9,14-16H2,2H3. The molecule has 0 bridgehead atoms. The van der Waals surface area contributed by atoms with Gasteiger partial charge in [0.25, 0.3) is 0 Å². The number of esters is 1. The summed E-state index contributed by atoms with van der Waals surface area (Å²) in [7, 11) is 0. The summed E-state index contributed by atoms with van der Waals surface area (Å²) in [6.45, 7) is 5.46. The van der Waals surface area contributed by atoms with E-state index in [4.69, 9.17) is 21.3 Å². The zero-order valence-corrected chi connectivity index (χ0v) is 19.2. The molecule has 0 aliphatic heterocycles. The van der Waals surface area contributed by atoms with Crippen molar-refractivity contribution in [2.75, 3.05) is 6.61 Å². The molecule has 4 rings (SSSR count). The van der Waals surface area contributed by atoms with Crippen molar-refractivity contribution in [2.45, 2.75) is 44.2 Å². The van der Waals surface area contributed by atoms with Gasteiger partial charge in [-0.1, -0.05) is 60.6 Å². The summed E-state index contributed by atoms with van der Waals surface area (Å²) in [6, 6.07) is 17.1. The average molecular weight is 466 g/mol. The number of alkyl halides is 1. The third-order valence-electron chi connectivity index (χ3n) is 5.91. The monoisotopic (exact) mass is 465 g/mol. The first-order chi connectivity index (χ1) is 15.9. The Bertz CT molecular complexity index is 1150. The number of carbonyl (C=O) groups is 1. The Morgan fingerprint density at radius 3 is 2.48 bits per heavy atom. The average Bonchev–Trinajstić information content (AvgIpc) is 2.80. The van der Waals surface area contributed by atoms with Crippen molar-refractivity contribution >= 4 is 17.6 Å². The molecule has 1 aliphatic rings. The van der Waals surface area contributed by atoms with E-state index in [1.807, 2.05) is 42.5 Å². The van der Waals surface area contributed by atoms with Crippen LogP contribution in [0.2, 0.25) is 5.02 Å². The predicted octanol–water partition coefficient (Wildman–Crippen LogP) is 5.66. The van der Waals surface area contributed by atoms with Crippen LogP contribution in [-0.4, -0.2) is 33.9 Å². The molecule has 1 saturated carbocycles. The lowest BCUT2D eigenvalue weighted by molar-refractivity contribution is -0.139. The minimum absolute atomic E-state index is 0.244. The van der Waals surface area contributed by atoms with Gasteiger partial charge in [0, 0.05) is 16.2 Å². The number of nitrogens with zero attached hydrogens (tertiary/aromatic N) is 3. The molecule has 1 heterocycles. The third-order valence-corrected chi connectivity index (χ3v) is 6.16. The molecule has 0 spiro atoms. The maximum absolute atomic E-state index is 14.1. The molecular weight excluding hydrogens is 441 g/mol.